The van der Waals surface area contributed by atoms with Crippen LogP contribution in [0.3, 0.4) is 0 Å². The van der Waals surface area contributed by atoms with E-state index < -0.39 is 5.79 Å². The van der Waals surface area contributed by atoms with Crippen molar-refractivity contribution < 1.29 is 14.6 Å². The molecule has 0 fully saturated rings. The fourth-order valence-corrected chi connectivity index (χ4v) is 1.41. The molecule has 0 radical (unpaired) electrons. The van der Waals surface area contributed by atoms with E-state index in [-0.39, 0.29) is 6.61 Å². The van der Waals surface area contributed by atoms with E-state index in [9.17, 15) is 0 Å². The monoisotopic (exact) mass is 208 g/mol. The van der Waals surface area contributed by atoms with E-state index in [4.69, 9.17) is 14.6 Å². The fraction of sp³-hybridized carbons (Fsp3) is 0.400. The summed E-state index contributed by atoms with van der Waals surface area (Å²) in [6.45, 7) is 3.35. The minimum absolute atomic E-state index is 0.201. The second-order valence-corrected chi connectivity index (χ2v) is 3.64. The van der Waals surface area contributed by atoms with E-state index >= 15 is 0 Å². The maximum absolute atomic E-state index is 9.13. The van der Waals surface area contributed by atoms with Crippen LogP contribution in [-0.4, -0.2) is 27.5 Å². The normalized spacial score (nSPS) is 18.6. The molecule has 2 rings (SSSR count). The molecule has 1 N–H and O–H groups in total. The molecule has 0 bridgehead atoms. The molecule has 15 heavy (non-hydrogen) atoms. The van der Waals surface area contributed by atoms with Gasteiger partial charge >= 0.3 is 0 Å². The minimum Gasteiger partial charge on any atom is -0.451 e. The highest BCUT2D eigenvalue weighted by atomic mass is 16.7. The summed E-state index contributed by atoms with van der Waals surface area (Å²) in [6, 6.07) is 0. The molecule has 1 aliphatic heterocycles. The second kappa shape index (κ2) is 3.51. The second-order valence-electron chi connectivity index (χ2n) is 3.64. The van der Waals surface area contributed by atoms with Crippen LogP contribution in [0.4, 0.5) is 0 Å². The average molecular weight is 208 g/mol. The molecule has 0 aliphatic carbocycles. The van der Waals surface area contributed by atoms with E-state index in [1.165, 1.54) is 6.33 Å². The molecule has 0 amide bonds. The average Bonchev–Trinajstić information content (AvgIpc) is 2.55. The molecule has 1 aromatic heterocycles. The SMILES string of the molecule is CC1(C)OC(CO)=C(c2cncnc2)O1. The van der Waals surface area contributed by atoms with Gasteiger partial charge in [0.05, 0.1) is 5.56 Å². The van der Waals surface area contributed by atoms with E-state index in [2.05, 4.69) is 9.97 Å². The van der Waals surface area contributed by atoms with Crippen LogP contribution in [0.25, 0.3) is 5.76 Å². The molecule has 2 heterocycles. The lowest BCUT2D eigenvalue weighted by Gasteiger charge is -2.18. The smallest absolute Gasteiger partial charge is 0.245 e. The summed E-state index contributed by atoms with van der Waals surface area (Å²) in [7, 11) is 0. The number of hydrogen-bond donors (Lipinski definition) is 1. The standard InChI is InChI=1S/C10H12N2O3/c1-10(2)14-8(5-13)9(15-10)7-3-11-6-12-4-7/h3-4,6,13H,5H2,1-2H3. The van der Waals surface area contributed by atoms with Crippen molar-refractivity contribution >= 4 is 5.76 Å². The number of rotatable bonds is 2. The van der Waals surface area contributed by atoms with Gasteiger partial charge in [-0.05, 0) is 0 Å². The summed E-state index contributed by atoms with van der Waals surface area (Å²) in [5.74, 6) is 0.168. The van der Waals surface area contributed by atoms with E-state index in [0.717, 1.165) is 0 Å². The van der Waals surface area contributed by atoms with Gasteiger partial charge in [0.25, 0.3) is 0 Å². The van der Waals surface area contributed by atoms with Crippen LogP contribution in [0.1, 0.15) is 19.4 Å². The Morgan fingerprint density at radius 2 is 1.93 bits per heavy atom. The van der Waals surface area contributed by atoms with E-state index in [1.807, 2.05) is 0 Å². The Hall–Kier alpha value is -1.62. The summed E-state index contributed by atoms with van der Waals surface area (Å²) in [5, 5.41) is 9.13. The van der Waals surface area contributed by atoms with Gasteiger partial charge < -0.3 is 14.6 Å². The predicted molar refractivity (Wildman–Crippen MR) is 52.3 cm³/mol. The molecule has 0 saturated heterocycles. The number of hydrogen-bond acceptors (Lipinski definition) is 5. The Bertz CT molecular complexity index is 387. The summed E-state index contributed by atoms with van der Waals surface area (Å²) in [5.41, 5.74) is 0.701. The zero-order valence-electron chi connectivity index (χ0n) is 8.60. The van der Waals surface area contributed by atoms with Gasteiger partial charge in [0, 0.05) is 26.2 Å². The lowest BCUT2D eigenvalue weighted by atomic mass is 10.2. The van der Waals surface area contributed by atoms with Gasteiger partial charge in [0.2, 0.25) is 5.79 Å². The lowest BCUT2D eigenvalue weighted by Crippen LogP contribution is -2.21. The highest BCUT2D eigenvalue weighted by Gasteiger charge is 2.34. The van der Waals surface area contributed by atoms with Crippen LogP contribution in [-0.2, 0) is 9.47 Å². The van der Waals surface area contributed by atoms with Gasteiger partial charge in [0.15, 0.2) is 11.5 Å². The third kappa shape index (κ3) is 1.92. The van der Waals surface area contributed by atoms with Crippen molar-refractivity contribution in [2.24, 2.45) is 0 Å². The van der Waals surface area contributed by atoms with E-state index in [0.29, 0.717) is 17.1 Å². The molecule has 1 aromatic rings. The van der Waals surface area contributed by atoms with Gasteiger partial charge in [-0.2, -0.15) is 0 Å². The first kappa shape index (κ1) is 9.92. The Kier molecular flexibility index (Phi) is 2.32. The van der Waals surface area contributed by atoms with Crippen LogP contribution < -0.4 is 0 Å². The number of aromatic nitrogens is 2. The number of ether oxygens (including phenoxy) is 2. The zero-order chi connectivity index (χ0) is 10.9. The van der Waals surface area contributed by atoms with Crippen molar-refractivity contribution in [1.29, 1.82) is 0 Å². The molecule has 5 nitrogen and oxygen atoms in total. The van der Waals surface area contributed by atoms with Crippen molar-refractivity contribution in [2.75, 3.05) is 6.61 Å². The topological polar surface area (TPSA) is 64.5 Å². The largest absolute Gasteiger partial charge is 0.451 e. The van der Waals surface area contributed by atoms with Gasteiger partial charge in [-0.15, -0.1) is 0 Å². The van der Waals surface area contributed by atoms with Gasteiger partial charge in [-0.25, -0.2) is 9.97 Å². The van der Waals surface area contributed by atoms with Crippen molar-refractivity contribution in [2.45, 2.75) is 19.6 Å². The molecule has 0 saturated carbocycles. The first-order valence-corrected chi connectivity index (χ1v) is 4.60. The molecule has 5 heteroatoms. The fourth-order valence-electron chi connectivity index (χ4n) is 1.41. The highest BCUT2D eigenvalue weighted by Crippen LogP contribution is 2.35. The molecule has 0 unspecified atom stereocenters. The maximum atomic E-state index is 9.13. The Balaban J connectivity index is 2.36. The number of aliphatic hydroxyl groups excluding tert-OH is 1. The Morgan fingerprint density at radius 3 is 2.53 bits per heavy atom. The van der Waals surface area contributed by atoms with Gasteiger partial charge in [0.1, 0.15) is 12.9 Å². The quantitative estimate of drug-likeness (QED) is 0.782. The molecule has 0 aromatic carbocycles. The number of aliphatic hydroxyl groups is 1. The predicted octanol–water partition coefficient (Wildman–Crippen LogP) is 0.920. The molecule has 0 spiro atoms. The lowest BCUT2D eigenvalue weighted by molar-refractivity contribution is -0.114. The maximum Gasteiger partial charge on any atom is 0.245 e. The molecule has 1 aliphatic rings. The van der Waals surface area contributed by atoms with Crippen molar-refractivity contribution in [3.63, 3.8) is 0 Å². The Morgan fingerprint density at radius 1 is 1.27 bits per heavy atom. The summed E-state index contributed by atoms with van der Waals surface area (Å²) in [4.78, 5) is 7.77. The zero-order valence-corrected chi connectivity index (χ0v) is 8.60. The number of nitrogens with zero attached hydrogens (tertiary/aromatic N) is 2. The van der Waals surface area contributed by atoms with Crippen LogP contribution in [0, 0.1) is 0 Å². The molecular formula is C10H12N2O3. The Labute approximate surface area is 87.4 Å². The van der Waals surface area contributed by atoms with Crippen LogP contribution in [0.5, 0.6) is 0 Å². The summed E-state index contributed by atoms with van der Waals surface area (Å²) < 4.78 is 11.0. The van der Waals surface area contributed by atoms with E-state index in [1.54, 1.807) is 26.2 Å². The van der Waals surface area contributed by atoms with Crippen molar-refractivity contribution in [1.82, 2.24) is 9.97 Å². The molecular weight excluding hydrogens is 196 g/mol. The molecule has 80 valence electrons. The minimum atomic E-state index is -0.747. The molecule has 0 atom stereocenters. The third-order valence-corrected chi connectivity index (χ3v) is 1.94. The van der Waals surface area contributed by atoms with Crippen LogP contribution >= 0.6 is 0 Å². The first-order chi connectivity index (χ1) is 7.12. The first-order valence-electron chi connectivity index (χ1n) is 4.60. The van der Waals surface area contributed by atoms with Crippen molar-refractivity contribution in [3.8, 4) is 0 Å². The summed E-state index contributed by atoms with van der Waals surface area (Å²) in [6.07, 6.45) is 4.66. The van der Waals surface area contributed by atoms with Gasteiger partial charge in [-0.3, -0.25) is 0 Å². The summed E-state index contributed by atoms with van der Waals surface area (Å²) >= 11 is 0. The highest BCUT2D eigenvalue weighted by molar-refractivity contribution is 5.62. The van der Waals surface area contributed by atoms with Crippen LogP contribution in [0.15, 0.2) is 24.5 Å². The van der Waals surface area contributed by atoms with Crippen LogP contribution in [0.2, 0.25) is 0 Å². The van der Waals surface area contributed by atoms with Gasteiger partial charge in [-0.1, -0.05) is 0 Å². The third-order valence-electron chi connectivity index (χ3n) is 1.94. The van der Waals surface area contributed by atoms with Crippen molar-refractivity contribution in [3.05, 3.63) is 30.0 Å².